The molecule has 2 aromatic heterocycles. The van der Waals surface area contributed by atoms with E-state index in [1.807, 2.05) is 26.0 Å². The molecule has 0 bridgehead atoms. The number of carboxylic acid groups (broad SMARTS) is 1. The van der Waals surface area contributed by atoms with E-state index >= 15 is 0 Å². The highest BCUT2D eigenvalue weighted by Crippen LogP contribution is 2.17. The molecule has 2 aromatic rings. The Balaban J connectivity index is 2.21. The number of carboxylic acids is 1. The first-order valence-corrected chi connectivity index (χ1v) is 5.54. The van der Waals surface area contributed by atoms with Gasteiger partial charge in [-0.1, -0.05) is 5.16 Å². The molecule has 0 aliphatic heterocycles. The first kappa shape index (κ1) is 12.2. The second-order valence-electron chi connectivity index (χ2n) is 4.04. The Bertz CT molecular complexity index is 557. The molecule has 0 atom stereocenters. The molecule has 0 aliphatic rings. The molecule has 18 heavy (non-hydrogen) atoms. The number of pyridine rings is 1. The largest absolute Gasteiger partial charge is 0.481 e. The summed E-state index contributed by atoms with van der Waals surface area (Å²) in [7, 11) is 0. The average Bonchev–Trinajstić information content (AvgIpc) is 2.73. The van der Waals surface area contributed by atoms with E-state index in [4.69, 9.17) is 9.63 Å². The van der Waals surface area contributed by atoms with Crippen molar-refractivity contribution in [3.8, 4) is 11.4 Å². The molecule has 0 spiro atoms. The number of hydrogen-bond acceptors (Lipinski definition) is 5. The third-order valence-corrected chi connectivity index (χ3v) is 2.36. The van der Waals surface area contributed by atoms with Crippen molar-refractivity contribution < 1.29 is 14.4 Å². The molecule has 0 aromatic carbocycles. The Morgan fingerprint density at radius 2 is 1.94 bits per heavy atom. The number of hydrogen-bond donors (Lipinski definition) is 1. The van der Waals surface area contributed by atoms with Crippen LogP contribution in [0.25, 0.3) is 11.4 Å². The number of carbonyl (C=O) groups is 1. The van der Waals surface area contributed by atoms with Crippen molar-refractivity contribution in [2.24, 2.45) is 0 Å². The van der Waals surface area contributed by atoms with Gasteiger partial charge in [0, 0.05) is 23.4 Å². The number of aliphatic carboxylic acids is 1. The van der Waals surface area contributed by atoms with Crippen molar-refractivity contribution in [2.45, 2.75) is 26.7 Å². The molecule has 2 heterocycles. The van der Waals surface area contributed by atoms with E-state index in [0.717, 1.165) is 17.0 Å². The Hall–Kier alpha value is -2.24. The summed E-state index contributed by atoms with van der Waals surface area (Å²) in [6.07, 6.45) is 0.224. The first-order chi connectivity index (χ1) is 8.54. The fourth-order valence-electron chi connectivity index (χ4n) is 1.65. The average molecular weight is 247 g/mol. The summed E-state index contributed by atoms with van der Waals surface area (Å²) in [6, 6.07) is 3.72. The van der Waals surface area contributed by atoms with Crippen LogP contribution in [0, 0.1) is 13.8 Å². The summed E-state index contributed by atoms with van der Waals surface area (Å²) in [6.45, 7) is 3.78. The minimum atomic E-state index is -0.884. The van der Waals surface area contributed by atoms with E-state index in [1.165, 1.54) is 0 Å². The topological polar surface area (TPSA) is 89.1 Å². The maximum atomic E-state index is 10.4. The molecule has 0 fully saturated rings. The van der Waals surface area contributed by atoms with Gasteiger partial charge < -0.3 is 9.63 Å². The summed E-state index contributed by atoms with van der Waals surface area (Å²) in [4.78, 5) is 18.9. The van der Waals surface area contributed by atoms with Crippen LogP contribution in [0.4, 0.5) is 0 Å². The molecule has 0 unspecified atom stereocenters. The standard InChI is InChI=1S/C12H13N3O3/c1-7-5-9(6-8(2)13-7)12-14-10(18-15-12)3-4-11(16)17/h5-6H,3-4H2,1-2H3,(H,16,17). The van der Waals surface area contributed by atoms with E-state index in [-0.39, 0.29) is 12.8 Å². The summed E-state index contributed by atoms with van der Waals surface area (Å²) in [5, 5.41) is 12.4. The van der Waals surface area contributed by atoms with Crippen LogP contribution in [0.15, 0.2) is 16.7 Å². The molecular weight excluding hydrogens is 234 g/mol. The molecule has 94 valence electrons. The maximum Gasteiger partial charge on any atom is 0.303 e. The zero-order valence-corrected chi connectivity index (χ0v) is 10.2. The van der Waals surface area contributed by atoms with Gasteiger partial charge in [-0.15, -0.1) is 0 Å². The predicted molar refractivity (Wildman–Crippen MR) is 63.0 cm³/mol. The number of rotatable bonds is 4. The fourth-order valence-corrected chi connectivity index (χ4v) is 1.65. The quantitative estimate of drug-likeness (QED) is 0.885. The van der Waals surface area contributed by atoms with Crippen molar-refractivity contribution in [3.63, 3.8) is 0 Å². The van der Waals surface area contributed by atoms with Gasteiger partial charge in [-0.05, 0) is 26.0 Å². The predicted octanol–water partition coefficient (Wildman–Crippen LogP) is 1.77. The molecule has 2 rings (SSSR count). The Kier molecular flexibility index (Phi) is 3.36. The van der Waals surface area contributed by atoms with E-state index in [9.17, 15) is 4.79 Å². The molecular formula is C12H13N3O3. The summed E-state index contributed by atoms with van der Waals surface area (Å²) < 4.78 is 5.00. The smallest absolute Gasteiger partial charge is 0.303 e. The van der Waals surface area contributed by atoms with Crippen LogP contribution in [0.2, 0.25) is 0 Å². The lowest BCUT2D eigenvalue weighted by Crippen LogP contribution is -1.97. The van der Waals surface area contributed by atoms with Gasteiger partial charge in [0.1, 0.15) is 0 Å². The van der Waals surface area contributed by atoms with Gasteiger partial charge in [-0.2, -0.15) is 4.98 Å². The molecule has 6 heteroatoms. The summed E-state index contributed by atoms with van der Waals surface area (Å²) in [5.74, 6) is -0.0890. The number of aryl methyl sites for hydroxylation is 3. The minimum Gasteiger partial charge on any atom is -0.481 e. The second-order valence-corrected chi connectivity index (χ2v) is 4.04. The minimum absolute atomic E-state index is 0.0178. The van der Waals surface area contributed by atoms with Gasteiger partial charge >= 0.3 is 5.97 Å². The zero-order chi connectivity index (χ0) is 13.1. The van der Waals surface area contributed by atoms with E-state index in [0.29, 0.717) is 11.7 Å². The van der Waals surface area contributed by atoms with Crippen molar-refractivity contribution in [2.75, 3.05) is 0 Å². The van der Waals surface area contributed by atoms with Gasteiger partial charge in [0.25, 0.3) is 0 Å². The van der Waals surface area contributed by atoms with Crippen molar-refractivity contribution in [1.82, 2.24) is 15.1 Å². The van der Waals surface area contributed by atoms with Gasteiger partial charge in [-0.3, -0.25) is 9.78 Å². The van der Waals surface area contributed by atoms with Crippen molar-refractivity contribution >= 4 is 5.97 Å². The van der Waals surface area contributed by atoms with E-state index in [2.05, 4.69) is 15.1 Å². The normalized spacial score (nSPS) is 10.6. The SMILES string of the molecule is Cc1cc(-c2noc(CCC(=O)O)n2)cc(C)n1. The van der Waals surface area contributed by atoms with Crippen molar-refractivity contribution in [3.05, 3.63) is 29.4 Å². The third kappa shape index (κ3) is 2.91. The third-order valence-electron chi connectivity index (χ3n) is 2.36. The number of nitrogens with zero attached hydrogens (tertiary/aromatic N) is 3. The second kappa shape index (κ2) is 4.95. The van der Waals surface area contributed by atoms with Gasteiger partial charge in [0.15, 0.2) is 0 Å². The first-order valence-electron chi connectivity index (χ1n) is 5.54. The van der Waals surface area contributed by atoms with E-state index in [1.54, 1.807) is 0 Å². The van der Waals surface area contributed by atoms with Crippen LogP contribution in [0.5, 0.6) is 0 Å². The highest BCUT2D eigenvalue weighted by atomic mass is 16.5. The molecule has 0 amide bonds. The lowest BCUT2D eigenvalue weighted by Gasteiger charge is -1.98. The van der Waals surface area contributed by atoms with Crippen LogP contribution in [0.1, 0.15) is 23.7 Å². The summed E-state index contributed by atoms with van der Waals surface area (Å²) >= 11 is 0. The Labute approximate surface area is 104 Å². The van der Waals surface area contributed by atoms with Crippen LogP contribution in [-0.2, 0) is 11.2 Å². The lowest BCUT2D eigenvalue weighted by atomic mass is 10.2. The number of aromatic nitrogens is 3. The van der Waals surface area contributed by atoms with Crippen LogP contribution in [-0.4, -0.2) is 26.2 Å². The van der Waals surface area contributed by atoms with Gasteiger partial charge in [0.05, 0.1) is 6.42 Å². The van der Waals surface area contributed by atoms with Crippen molar-refractivity contribution in [1.29, 1.82) is 0 Å². The lowest BCUT2D eigenvalue weighted by molar-refractivity contribution is -0.137. The van der Waals surface area contributed by atoms with Crippen LogP contribution < -0.4 is 0 Å². The van der Waals surface area contributed by atoms with Gasteiger partial charge in [0.2, 0.25) is 11.7 Å². The molecule has 1 N–H and O–H groups in total. The van der Waals surface area contributed by atoms with Crippen LogP contribution >= 0.6 is 0 Å². The summed E-state index contributed by atoms with van der Waals surface area (Å²) in [5.41, 5.74) is 2.58. The zero-order valence-electron chi connectivity index (χ0n) is 10.2. The maximum absolute atomic E-state index is 10.4. The molecule has 0 radical (unpaired) electrons. The van der Waals surface area contributed by atoms with E-state index < -0.39 is 5.97 Å². The van der Waals surface area contributed by atoms with Crippen LogP contribution in [0.3, 0.4) is 0 Å². The Morgan fingerprint density at radius 1 is 1.28 bits per heavy atom. The monoisotopic (exact) mass is 247 g/mol. The fraction of sp³-hybridized carbons (Fsp3) is 0.333. The Morgan fingerprint density at radius 3 is 2.56 bits per heavy atom. The highest BCUT2D eigenvalue weighted by Gasteiger charge is 2.10. The molecule has 6 nitrogen and oxygen atoms in total. The molecule has 0 aliphatic carbocycles. The highest BCUT2D eigenvalue weighted by molar-refractivity contribution is 5.66. The molecule has 0 saturated heterocycles. The van der Waals surface area contributed by atoms with Gasteiger partial charge in [-0.25, -0.2) is 0 Å². The molecule has 0 saturated carbocycles.